The molecule has 1 heterocycles. The second-order valence-corrected chi connectivity index (χ2v) is 11.3. The summed E-state index contributed by atoms with van der Waals surface area (Å²) in [5.41, 5.74) is 1.27. The molecule has 0 aliphatic heterocycles. The summed E-state index contributed by atoms with van der Waals surface area (Å²) in [6.07, 6.45) is 5.40. The highest BCUT2D eigenvalue weighted by molar-refractivity contribution is 7.92. The summed E-state index contributed by atoms with van der Waals surface area (Å²) >= 11 is 0. The van der Waals surface area contributed by atoms with Crippen molar-refractivity contribution in [2.45, 2.75) is 24.7 Å². The highest BCUT2D eigenvalue weighted by Crippen LogP contribution is 2.34. The third kappa shape index (κ3) is 5.08. The van der Waals surface area contributed by atoms with Crippen LogP contribution in [0.4, 0.5) is 14.5 Å². The Morgan fingerprint density at radius 2 is 1.83 bits per heavy atom. The summed E-state index contributed by atoms with van der Waals surface area (Å²) in [5, 5.41) is 0. The van der Waals surface area contributed by atoms with E-state index >= 15 is 4.39 Å². The van der Waals surface area contributed by atoms with Gasteiger partial charge in [-0.05, 0) is 42.3 Å². The quantitative estimate of drug-likeness (QED) is 0.437. The van der Waals surface area contributed by atoms with Crippen molar-refractivity contribution in [2.75, 3.05) is 16.7 Å². The number of nitrogens with zero attached hydrogens (tertiary/aromatic N) is 1. The first-order chi connectivity index (χ1) is 16.6. The van der Waals surface area contributed by atoms with Gasteiger partial charge >= 0.3 is 0 Å². The van der Waals surface area contributed by atoms with Gasteiger partial charge in [0.15, 0.2) is 11.6 Å². The van der Waals surface area contributed by atoms with Crippen LogP contribution in [-0.2, 0) is 27.2 Å². The van der Waals surface area contributed by atoms with Gasteiger partial charge in [0, 0.05) is 51.3 Å². The standard InChI is InChI=1S/C25H22F2N2O4S2/c1-3-12-35(32,33)29-22-11-9-20(26)23(24(22)27)25(30)18-8-10-21-19(18)13-16(14-28-21)15-4-6-17(7-5-15)34(2)31/h4-9,11,13-14,29H,3,10,12H2,1-2H3. The lowest BCUT2D eigenvalue weighted by molar-refractivity contribution is 0.104. The van der Waals surface area contributed by atoms with Crippen molar-refractivity contribution in [3.05, 3.63) is 83.2 Å². The van der Waals surface area contributed by atoms with Gasteiger partial charge in [-0.25, -0.2) is 17.2 Å². The molecule has 0 bridgehead atoms. The molecule has 0 spiro atoms. The molecule has 4 rings (SSSR count). The van der Waals surface area contributed by atoms with Crippen molar-refractivity contribution in [2.24, 2.45) is 0 Å². The highest BCUT2D eigenvalue weighted by Gasteiger charge is 2.29. The van der Waals surface area contributed by atoms with Gasteiger partial charge in [0.25, 0.3) is 0 Å². The molecule has 182 valence electrons. The summed E-state index contributed by atoms with van der Waals surface area (Å²) in [7, 11) is -4.97. The largest absolute Gasteiger partial charge is 0.288 e. The van der Waals surface area contributed by atoms with Crippen molar-refractivity contribution >= 4 is 37.9 Å². The summed E-state index contributed by atoms with van der Waals surface area (Å²) in [5.74, 6) is -3.50. The van der Waals surface area contributed by atoms with Gasteiger partial charge < -0.3 is 0 Å². The van der Waals surface area contributed by atoms with Crippen LogP contribution >= 0.6 is 0 Å². The van der Waals surface area contributed by atoms with Crippen LogP contribution in [0.25, 0.3) is 16.7 Å². The molecule has 1 N–H and O–H groups in total. The summed E-state index contributed by atoms with van der Waals surface area (Å²) in [6.45, 7) is 1.65. The van der Waals surface area contributed by atoms with Crippen LogP contribution in [0.15, 0.2) is 59.6 Å². The van der Waals surface area contributed by atoms with E-state index in [1.165, 1.54) is 0 Å². The molecule has 35 heavy (non-hydrogen) atoms. The van der Waals surface area contributed by atoms with Crippen LogP contribution in [0.2, 0.25) is 0 Å². The minimum absolute atomic E-state index is 0.0898. The first-order valence-electron chi connectivity index (χ1n) is 10.8. The first kappa shape index (κ1) is 24.9. The number of fused-ring (bicyclic) bond motifs is 1. The Balaban J connectivity index is 1.70. The number of carbonyl (C=O) groups excluding carboxylic acids is 1. The molecule has 3 aromatic rings. The number of anilines is 1. The SMILES string of the molecule is CCCS(=O)(=O)Nc1ccc(F)c(C(=O)C2=CCc3ncc(-c4ccc(S(C)=O)cc4)cc32)c1F. The van der Waals surface area contributed by atoms with E-state index in [1.54, 1.807) is 55.8 Å². The zero-order valence-electron chi connectivity index (χ0n) is 19.0. The molecule has 2 aromatic carbocycles. The van der Waals surface area contributed by atoms with Crippen molar-refractivity contribution < 1.29 is 26.2 Å². The van der Waals surface area contributed by atoms with Crippen molar-refractivity contribution in [3.63, 3.8) is 0 Å². The Labute approximate surface area is 204 Å². The Kier molecular flexibility index (Phi) is 6.95. The molecular weight excluding hydrogens is 494 g/mol. The van der Waals surface area contributed by atoms with E-state index in [4.69, 9.17) is 0 Å². The molecule has 10 heteroatoms. The molecule has 0 radical (unpaired) electrons. The lowest BCUT2D eigenvalue weighted by Crippen LogP contribution is -2.18. The van der Waals surface area contributed by atoms with E-state index in [0.29, 0.717) is 34.6 Å². The van der Waals surface area contributed by atoms with Gasteiger partial charge in [-0.3, -0.25) is 18.7 Å². The van der Waals surface area contributed by atoms with Gasteiger partial charge in [0.1, 0.15) is 5.82 Å². The van der Waals surface area contributed by atoms with Gasteiger partial charge in [0.05, 0.1) is 22.7 Å². The Morgan fingerprint density at radius 3 is 2.49 bits per heavy atom. The number of Topliss-reactive ketones (excluding diaryl/α,β-unsaturated/α-hetero) is 1. The average molecular weight is 517 g/mol. The van der Waals surface area contributed by atoms with E-state index in [2.05, 4.69) is 9.71 Å². The Hall–Kier alpha value is -3.24. The second kappa shape index (κ2) is 9.79. The number of benzene rings is 2. The number of halogens is 2. The van der Waals surface area contributed by atoms with E-state index < -0.39 is 49.5 Å². The number of hydrogen-bond acceptors (Lipinski definition) is 5. The number of carbonyl (C=O) groups is 1. The number of hydrogen-bond donors (Lipinski definition) is 1. The van der Waals surface area contributed by atoms with Crippen LogP contribution in [0.5, 0.6) is 0 Å². The Morgan fingerprint density at radius 1 is 1.11 bits per heavy atom. The molecule has 1 aliphatic carbocycles. The monoisotopic (exact) mass is 516 g/mol. The number of aromatic nitrogens is 1. The zero-order chi connectivity index (χ0) is 25.3. The average Bonchev–Trinajstić information content (AvgIpc) is 3.24. The number of rotatable bonds is 8. The van der Waals surface area contributed by atoms with Crippen LogP contribution < -0.4 is 4.72 Å². The topological polar surface area (TPSA) is 93.2 Å². The number of sulfonamides is 1. The van der Waals surface area contributed by atoms with Crippen molar-refractivity contribution in [1.29, 1.82) is 0 Å². The van der Waals surface area contributed by atoms with E-state index in [9.17, 15) is 21.8 Å². The maximum absolute atomic E-state index is 15.2. The summed E-state index contributed by atoms with van der Waals surface area (Å²) < 4.78 is 67.7. The van der Waals surface area contributed by atoms with Gasteiger partial charge in [-0.2, -0.15) is 0 Å². The lowest BCUT2D eigenvalue weighted by atomic mass is 9.96. The van der Waals surface area contributed by atoms with Crippen molar-refractivity contribution in [3.8, 4) is 11.1 Å². The minimum atomic E-state index is -3.84. The van der Waals surface area contributed by atoms with Gasteiger partial charge in [0.2, 0.25) is 10.0 Å². The fraction of sp³-hybridized carbons (Fsp3) is 0.200. The number of pyridine rings is 1. The number of ketones is 1. The molecule has 0 saturated carbocycles. The summed E-state index contributed by atoms with van der Waals surface area (Å²) in [4.78, 5) is 18.3. The minimum Gasteiger partial charge on any atom is -0.288 e. The molecule has 1 aliphatic rings. The van der Waals surface area contributed by atoms with E-state index in [0.717, 1.165) is 17.7 Å². The van der Waals surface area contributed by atoms with E-state index in [1.807, 2.05) is 0 Å². The highest BCUT2D eigenvalue weighted by atomic mass is 32.2. The molecule has 1 atom stereocenters. The number of nitrogens with one attached hydrogen (secondary N) is 1. The number of allylic oxidation sites excluding steroid dienone is 2. The Bertz CT molecular complexity index is 1480. The molecule has 0 saturated heterocycles. The maximum Gasteiger partial charge on any atom is 0.232 e. The summed E-state index contributed by atoms with van der Waals surface area (Å²) in [6, 6.07) is 10.6. The zero-order valence-corrected chi connectivity index (χ0v) is 20.6. The lowest BCUT2D eigenvalue weighted by Gasteiger charge is -2.13. The van der Waals surface area contributed by atoms with Crippen molar-refractivity contribution in [1.82, 2.24) is 4.98 Å². The predicted molar refractivity (Wildman–Crippen MR) is 132 cm³/mol. The van der Waals surface area contributed by atoms with Gasteiger partial charge in [-0.1, -0.05) is 25.1 Å². The fourth-order valence-corrected chi connectivity index (χ4v) is 5.52. The first-order valence-corrected chi connectivity index (χ1v) is 14.0. The van der Waals surface area contributed by atoms with Crippen LogP contribution in [0.1, 0.15) is 35.0 Å². The molecule has 0 fully saturated rings. The predicted octanol–water partition coefficient (Wildman–Crippen LogP) is 4.74. The molecule has 6 nitrogen and oxygen atoms in total. The fourth-order valence-electron chi connectivity index (χ4n) is 3.87. The molecular formula is C25H22F2N2O4S2. The molecule has 1 unspecified atom stereocenters. The maximum atomic E-state index is 15.2. The smallest absolute Gasteiger partial charge is 0.232 e. The van der Waals surface area contributed by atoms with Crippen LogP contribution in [-0.4, -0.2) is 35.4 Å². The van der Waals surface area contributed by atoms with Crippen LogP contribution in [0, 0.1) is 11.6 Å². The molecule has 0 amide bonds. The van der Waals surface area contributed by atoms with Gasteiger partial charge in [-0.15, -0.1) is 0 Å². The normalized spacial score (nSPS) is 13.8. The van der Waals surface area contributed by atoms with Crippen LogP contribution in [0.3, 0.4) is 0 Å². The second-order valence-electron chi connectivity index (χ2n) is 8.05. The third-order valence-electron chi connectivity index (χ3n) is 5.58. The van der Waals surface area contributed by atoms with E-state index in [-0.39, 0.29) is 11.3 Å². The third-order valence-corrected chi connectivity index (χ3v) is 7.99. The molecule has 1 aromatic heterocycles.